The summed E-state index contributed by atoms with van der Waals surface area (Å²) in [5.74, 6) is -2.41. The fraction of sp³-hybridized carbons (Fsp3) is 0.529. The van der Waals surface area contributed by atoms with Crippen molar-refractivity contribution >= 4 is 23.9 Å². The molecule has 0 bridgehead atoms. The topological polar surface area (TPSA) is 142 Å². The fourth-order valence-electron chi connectivity index (χ4n) is 5.52. The Morgan fingerprint density at radius 1 is 0.932 bits per heavy atom. The minimum atomic E-state index is -1.11. The Morgan fingerprint density at radius 2 is 1.45 bits per heavy atom. The number of aliphatic carboxylic acids is 2. The van der Waals surface area contributed by atoms with Gasteiger partial charge in [-0.2, -0.15) is 0 Å². The van der Waals surface area contributed by atoms with Gasteiger partial charge in [0.2, 0.25) is 5.91 Å². The number of hydrogen-bond donors (Lipinski definition) is 3. The van der Waals surface area contributed by atoms with E-state index < -0.39 is 47.0 Å². The average molecular weight is 613 g/mol. The van der Waals surface area contributed by atoms with E-state index >= 15 is 0 Å². The zero-order valence-electron chi connectivity index (χ0n) is 27.0. The molecule has 4 rings (SSSR count). The smallest absolute Gasteiger partial charge is 0.408 e. The largest absolute Gasteiger partial charge is 0.481 e. The van der Waals surface area contributed by atoms with Crippen LogP contribution in [0.25, 0.3) is 11.1 Å². The lowest BCUT2D eigenvalue weighted by Gasteiger charge is -2.35. The second-order valence-electron chi connectivity index (χ2n) is 11.9. The van der Waals surface area contributed by atoms with E-state index in [1.807, 2.05) is 89.2 Å². The summed E-state index contributed by atoms with van der Waals surface area (Å²) in [7, 11) is 1.54. The number of alkyl carbamates (subject to hydrolysis) is 1. The van der Waals surface area contributed by atoms with E-state index in [0.29, 0.717) is 0 Å². The minimum absolute atomic E-state index is 0.0515. The van der Waals surface area contributed by atoms with Crippen molar-refractivity contribution < 1.29 is 38.9 Å². The summed E-state index contributed by atoms with van der Waals surface area (Å²) in [6.45, 7) is 10.6. The summed E-state index contributed by atoms with van der Waals surface area (Å²) >= 11 is 0. The van der Waals surface area contributed by atoms with Gasteiger partial charge < -0.3 is 29.9 Å². The Balaban J connectivity index is 0.00000104. The first-order valence-corrected chi connectivity index (χ1v) is 15.2. The van der Waals surface area contributed by atoms with Crippen molar-refractivity contribution in [2.24, 2.45) is 5.41 Å². The van der Waals surface area contributed by atoms with Gasteiger partial charge in [0, 0.05) is 20.5 Å². The van der Waals surface area contributed by atoms with Crippen LogP contribution in [0.1, 0.15) is 79.2 Å². The van der Waals surface area contributed by atoms with Gasteiger partial charge in [0.05, 0.1) is 6.54 Å². The molecule has 10 nitrogen and oxygen atoms in total. The Kier molecular flexibility index (Phi) is 13.4. The first kappa shape index (κ1) is 36.3. The van der Waals surface area contributed by atoms with Gasteiger partial charge >= 0.3 is 12.1 Å². The van der Waals surface area contributed by atoms with Gasteiger partial charge in [-0.3, -0.25) is 9.59 Å². The number of methoxy groups -OCH3 is 1. The number of amides is 2. The molecule has 1 aliphatic carbocycles. The normalized spacial score (nSPS) is 20.3. The van der Waals surface area contributed by atoms with Crippen LogP contribution in [0.4, 0.5) is 4.79 Å². The zero-order valence-corrected chi connectivity index (χ0v) is 27.0. The summed E-state index contributed by atoms with van der Waals surface area (Å²) in [5, 5.41) is 20.3. The van der Waals surface area contributed by atoms with Crippen molar-refractivity contribution in [3.63, 3.8) is 0 Å². The van der Waals surface area contributed by atoms with Crippen LogP contribution in [0, 0.1) is 5.41 Å². The zero-order chi connectivity index (χ0) is 33.1. The van der Waals surface area contributed by atoms with Crippen molar-refractivity contribution in [3.05, 3.63) is 60.2 Å². The lowest BCUT2D eigenvalue weighted by atomic mass is 9.85. The molecule has 1 heterocycles. The minimum Gasteiger partial charge on any atom is -0.481 e. The highest BCUT2D eigenvalue weighted by Gasteiger charge is 2.52. The van der Waals surface area contributed by atoms with Gasteiger partial charge in [0.25, 0.3) is 5.97 Å². The molecule has 2 amide bonds. The maximum Gasteiger partial charge on any atom is 0.408 e. The van der Waals surface area contributed by atoms with Crippen LogP contribution >= 0.6 is 0 Å². The number of ether oxygens (including phenoxy) is 2. The number of carboxylic acids is 2. The van der Waals surface area contributed by atoms with E-state index in [4.69, 9.17) is 19.4 Å². The lowest BCUT2D eigenvalue weighted by Crippen LogP contribution is -2.57. The first-order valence-electron chi connectivity index (χ1n) is 15.2. The fourth-order valence-corrected chi connectivity index (χ4v) is 5.52. The highest BCUT2D eigenvalue weighted by Crippen LogP contribution is 2.41. The highest BCUT2D eigenvalue weighted by molar-refractivity contribution is 5.90. The molecule has 10 heteroatoms. The van der Waals surface area contributed by atoms with Crippen molar-refractivity contribution in [2.75, 3.05) is 13.7 Å². The van der Waals surface area contributed by atoms with Gasteiger partial charge in [-0.25, -0.2) is 9.59 Å². The van der Waals surface area contributed by atoms with Crippen LogP contribution in [0.2, 0.25) is 0 Å². The average Bonchev–Trinajstić information content (AvgIpc) is 3.65. The SMILES string of the molecule is CC.CC(=O)O.CO[C@@]1(c2ccc(-c3ccccc3)cc2)CC(C(=O)O)N(C(=O)C(NC(=O)OC2CCCC2)C(C)(C)C)C1. The maximum atomic E-state index is 13.9. The third-order valence-corrected chi connectivity index (χ3v) is 7.75. The molecule has 2 unspecified atom stereocenters. The predicted molar refractivity (Wildman–Crippen MR) is 168 cm³/mol. The third-order valence-electron chi connectivity index (χ3n) is 7.75. The van der Waals surface area contributed by atoms with Crippen LogP contribution < -0.4 is 5.32 Å². The van der Waals surface area contributed by atoms with E-state index in [0.717, 1.165) is 49.3 Å². The molecule has 2 fully saturated rings. The molecule has 3 N–H and O–H groups in total. The Morgan fingerprint density at radius 3 is 1.93 bits per heavy atom. The highest BCUT2D eigenvalue weighted by atomic mass is 16.6. The molecule has 242 valence electrons. The number of nitrogens with one attached hydrogen (secondary N) is 1. The van der Waals surface area contributed by atoms with Crippen LogP contribution in [0.15, 0.2) is 54.6 Å². The maximum absolute atomic E-state index is 13.9. The summed E-state index contributed by atoms with van der Waals surface area (Å²) < 4.78 is 11.5. The number of hydrogen-bond acceptors (Lipinski definition) is 6. The number of likely N-dealkylation sites (tertiary alicyclic amines) is 1. The predicted octanol–water partition coefficient (Wildman–Crippen LogP) is 6.08. The van der Waals surface area contributed by atoms with E-state index in [-0.39, 0.29) is 19.1 Å². The molecule has 1 saturated heterocycles. The van der Waals surface area contributed by atoms with E-state index in [2.05, 4.69) is 5.32 Å². The summed E-state index contributed by atoms with van der Waals surface area (Å²) in [6, 6.07) is 15.7. The molecule has 0 aromatic heterocycles. The number of benzene rings is 2. The lowest BCUT2D eigenvalue weighted by molar-refractivity contribution is -0.150. The van der Waals surface area contributed by atoms with Crippen molar-refractivity contribution in [2.45, 2.75) is 97.4 Å². The molecule has 2 aliphatic rings. The summed E-state index contributed by atoms with van der Waals surface area (Å²) in [5.41, 5.74) is 1.22. The van der Waals surface area contributed by atoms with Gasteiger partial charge in [0.15, 0.2) is 0 Å². The second-order valence-corrected chi connectivity index (χ2v) is 11.9. The summed E-state index contributed by atoms with van der Waals surface area (Å²) in [4.78, 5) is 49.3. The number of rotatable bonds is 7. The van der Waals surface area contributed by atoms with Gasteiger partial charge in [-0.05, 0) is 47.8 Å². The van der Waals surface area contributed by atoms with Crippen LogP contribution in [0.3, 0.4) is 0 Å². The van der Waals surface area contributed by atoms with Crippen molar-refractivity contribution in [1.82, 2.24) is 10.2 Å². The number of carboxylic acid groups (broad SMARTS) is 2. The van der Waals surface area contributed by atoms with Crippen LogP contribution in [-0.2, 0) is 29.5 Å². The van der Waals surface area contributed by atoms with Crippen molar-refractivity contribution in [3.8, 4) is 11.1 Å². The van der Waals surface area contributed by atoms with Gasteiger partial charge in [-0.1, -0.05) is 89.2 Å². The molecule has 0 radical (unpaired) electrons. The molecule has 2 aromatic rings. The molecule has 1 saturated carbocycles. The second kappa shape index (κ2) is 16.2. The standard InChI is InChI=1S/C30H38N2O6.C2H4O2.C2H6/c1-29(2,3)25(31-28(36)38-23-12-8-9-13-23)26(33)32-19-30(37-4,18-24(32)27(34)35)22-16-14-21(15-17-22)20-10-6-5-7-11-20;1-2(3)4;1-2/h5-7,10-11,14-17,23-25H,8-9,12-13,18-19H2,1-4H3,(H,31,36)(H,34,35);1H3,(H,3,4);1-2H3/t24?,25?,30-;;/m0../s1. The Hall–Kier alpha value is -3.92. The molecule has 3 atom stereocenters. The van der Waals surface area contributed by atoms with Crippen LogP contribution in [0.5, 0.6) is 0 Å². The van der Waals surface area contributed by atoms with Crippen molar-refractivity contribution in [1.29, 1.82) is 0 Å². The molecule has 0 spiro atoms. The van der Waals surface area contributed by atoms with E-state index in [9.17, 15) is 19.5 Å². The first-order chi connectivity index (χ1) is 20.8. The van der Waals surface area contributed by atoms with Gasteiger partial charge in [0.1, 0.15) is 23.8 Å². The Labute approximate surface area is 260 Å². The summed E-state index contributed by atoms with van der Waals surface area (Å²) in [6.07, 6.45) is 2.95. The monoisotopic (exact) mass is 612 g/mol. The molecule has 2 aromatic carbocycles. The number of nitrogens with zero attached hydrogens (tertiary/aromatic N) is 1. The van der Waals surface area contributed by atoms with E-state index in [1.54, 1.807) is 0 Å². The van der Waals surface area contributed by atoms with Gasteiger partial charge in [-0.15, -0.1) is 0 Å². The number of carbonyl (C=O) groups excluding carboxylic acids is 2. The van der Waals surface area contributed by atoms with E-state index in [1.165, 1.54) is 12.0 Å². The molecule has 1 aliphatic heterocycles. The van der Waals surface area contributed by atoms with Crippen LogP contribution in [-0.4, -0.2) is 70.9 Å². The number of carbonyl (C=O) groups is 4. The Bertz CT molecular complexity index is 1230. The quantitative estimate of drug-likeness (QED) is 0.341. The third kappa shape index (κ3) is 9.54. The molecular formula is C34H48N2O8. The molecular weight excluding hydrogens is 564 g/mol. The molecule has 44 heavy (non-hydrogen) atoms.